The predicted molar refractivity (Wildman–Crippen MR) is 134 cm³/mol. The molecule has 0 heterocycles. The number of anilines is 1. The van der Waals surface area contributed by atoms with Crippen LogP contribution in [0.4, 0.5) is 18.9 Å². The van der Waals surface area contributed by atoms with Gasteiger partial charge in [0, 0.05) is 25.8 Å². The van der Waals surface area contributed by atoms with E-state index >= 15 is 0 Å². The summed E-state index contributed by atoms with van der Waals surface area (Å²) in [6.45, 7) is 0.273. The highest BCUT2D eigenvalue weighted by Crippen LogP contribution is 2.30. The highest BCUT2D eigenvalue weighted by Gasteiger charge is 2.31. The van der Waals surface area contributed by atoms with Gasteiger partial charge < -0.3 is 32.7 Å². The smallest absolute Gasteiger partial charge is 0.343 e. The van der Waals surface area contributed by atoms with Crippen molar-refractivity contribution in [3.8, 4) is 0 Å². The number of likely N-dealkylation sites (N-methyl/N-ethyl adjacent to an activating group) is 1. The van der Waals surface area contributed by atoms with Crippen LogP contribution in [-0.2, 0) is 27.0 Å². The lowest BCUT2D eigenvalue weighted by atomic mass is 10.0. The third-order valence-corrected chi connectivity index (χ3v) is 5.87. The molecule has 0 aromatic heterocycles. The van der Waals surface area contributed by atoms with E-state index in [1.807, 2.05) is 30.3 Å². The van der Waals surface area contributed by atoms with E-state index in [0.717, 1.165) is 17.7 Å². The maximum Gasteiger partial charge on any atom is 0.416 e. The lowest BCUT2D eigenvalue weighted by molar-refractivity contribution is -0.137. The monoisotopic (exact) mass is 522 g/mol. The second-order valence-corrected chi connectivity index (χ2v) is 8.59. The molecule has 3 amide bonds. The Morgan fingerprint density at radius 1 is 0.973 bits per heavy atom. The molecule has 0 aliphatic heterocycles. The fraction of sp³-hybridized carbons (Fsp3) is 0.400. The van der Waals surface area contributed by atoms with Crippen molar-refractivity contribution in [2.24, 2.45) is 17.2 Å². The van der Waals surface area contributed by atoms with Crippen LogP contribution in [0.3, 0.4) is 0 Å². The number of hydrogen-bond acceptors (Lipinski definition) is 6. The molecule has 202 valence electrons. The molecule has 0 saturated carbocycles. The summed E-state index contributed by atoms with van der Waals surface area (Å²) in [5.41, 5.74) is 17.0. The predicted octanol–water partition coefficient (Wildman–Crippen LogP) is 1.22. The zero-order chi connectivity index (χ0) is 27.6. The van der Waals surface area contributed by atoms with Gasteiger partial charge in [0.1, 0.15) is 6.04 Å². The number of hydrogen-bond donors (Lipinski definition) is 5. The lowest BCUT2D eigenvalue weighted by Gasteiger charge is -2.27. The SMILES string of the molecule is CN(C(=O)CC(N)C(=O)NC(CCc1ccccc1)C(=O)Nc1cccc(C(F)(F)F)c1)C(CN)CN. The molecule has 9 nitrogen and oxygen atoms in total. The topological polar surface area (TPSA) is 157 Å². The van der Waals surface area contributed by atoms with E-state index in [-0.39, 0.29) is 31.6 Å². The molecule has 0 bridgehead atoms. The molecule has 2 atom stereocenters. The molecular formula is C25H33F3N6O3. The fourth-order valence-corrected chi connectivity index (χ4v) is 3.55. The standard InChI is InChI=1S/C25H33F3N6O3/c1-34(19(14-29)15-30)22(35)13-20(31)23(36)33-21(11-10-16-6-3-2-4-7-16)24(37)32-18-9-5-8-17(12-18)25(26,27)28/h2-9,12,19-21H,10-11,13-15,29-31H2,1H3,(H,32,37)(H,33,36). The first-order valence-electron chi connectivity index (χ1n) is 11.7. The van der Waals surface area contributed by atoms with Gasteiger partial charge in [-0.2, -0.15) is 13.2 Å². The first-order valence-corrected chi connectivity index (χ1v) is 11.7. The van der Waals surface area contributed by atoms with Gasteiger partial charge in [-0.15, -0.1) is 0 Å². The van der Waals surface area contributed by atoms with Gasteiger partial charge in [-0.25, -0.2) is 0 Å². The first kappa shape index (κ1) is 29.7. The number of halogens is 3. The van der Waals surface area contributed by atoms with Gasteiger partial charge in [-0.3, -0.25) is 14.4 Å². The van der Waals surface area contributed by atoms with Crippen molar-refractivity contribution in [2.75, 3.05) is 25.5 Å². The van der Waals surface area contributed by atoms with Gasteiger partial charge in [0.15, 0.2) is 0 Å². The third kappa shape index (κ3) is 9.16. The van der Waals surface area contributed by atoms with Crippen molar-refractivity contribution in [3.63, 3.8) is 0 Å². The summed E-state index contributed by atoms with van der Waals surface area (Å²) in [4.78, 5) is 39.6. The van der Waals surface area contributed by atoms with Gasteiger partial charge in [0.2, 0.25) is 17.7 Å². The second-order valence-electron chi connectivity index (χ2n) is 8.59. The molecule has 0 radical (unpaired) electrons. The van der Waals surface area contributed by atoms with E-state index in [1.165, 1.54) is 24.1 Å². The van der Waals surface area contributed by atoms with E-state index < -0.39 is 47.6 Å². The number of benzene rings is 2. The Morgan fingerprint density at radius 2 is 1.62 bits per heavy atom. The molecule has 2 aromatic carbocycles. The number of rotatable bonds is 12. The number of carbonyl (C=O) groups excluding carboxylic acids is 3. The third-order valence-electron chi connectivity index (χ3n) is 5.87. The molecule has 37 heavy (non-hydrogen) atoms. The number of amides is 3. The molecule has 0 spiro atoms. The van der Waals surface area contributed by atoms with Crippen LogP contribution in [0.25, 0.3) is 0 Å². The minimum absolute atomic E-state index is 0.0745. The van der Waals surface area contributed by atoms with Crippen LogP contribution in [-0.4, -0.2) is 60.9 Å². The quantitative estimate of drug-likeness (QED) is 0.282. The number of aryl methyl sites for hydroxylation is 1. The Hall–Kier alpha value is -3.48. The van der Waals surface area contributed by atoms with Gasteiger partial charge >= 0.3 is 6.18 Å². The lowest BCUT2D eigenvalue weighted by Crippen LogP contribution is -2.53. The molecule has 0 aliphatic carbocycles. The van der Waals surface area contributed by atoms with Crippen LogP contribution in [0.1, 0.15) is 24.0 Å². The van der Waals surface area contributed by atoms with Crippen LogP contribution in [0.5, 0.6) is 0 Å². The summed E-state index contributed by atoms with van der Waals surface area (Å²) >= 11 is 0. The normalized spacial score (nSPS) is 13.1. The number of nitrogens with zero attached hydrogens (tertiary/aromatic N) is 1. The van der Waals surface area contributed by atoms with Gasteiger partial charge in [0.05, 0.1) is 24.1 Å². The molecule has 0 saturated heterocycles. The van der Waals surface area contributed by atoms with Crippen molar-refractivity contribution < 1.29 is 27.6 Å². The number of nitrogens with one attached hydrogen (secondary N) is 2. The number of alkyl halides is 3. The summed E-state index contributed by atoms with van der Waals surface area (Å²) in [7, 11) is 1.50. The van der Waals surface area contributed by atoms with E-state index in [1.54, 1.807) is 0 Å². The zero-order valence-electron chi connectivity index (χ0n) is 20.5. The van der Waals surface area contributed by atoms with E-state index in [9.17, 15) is 27.6 Å². The Bertz CT molecular complexity index is 1050. The summed E-state index contributed by atoms with van der Waals surface area (Å²) in [6, 6.07) is 10.5. The van der Waals surface area contributed by atoms with E-state index in [4.69, 9.17) is 17.2 Å². The fourth-order valence-electron chi connectivity index (χ4n) is 3.55. The minimum atomic E-state index is -4.58. The molecule has 12 heteroatoms. The van der Waals surface area contributed by atoms with E-state index in [2.05, 4.69) is 10.6 Å². The highest BCUT2D eigenvalue weighted by atomic mass is 19.4. The Labute approximate surface area is 213 Å². The van der Waals surface area contributed by atoms with Crippen molar-refractivity contribution in [3.05, 3.63) is 65.7 Å². The van der Waals surface area contributed by atoms with Crippen molar-refractivity contribution in [1.29, 1.82) is 0 Å². The second kappa shape index (κ2) is 13.7. The molecule has 2 aromatic rings. The zero-order valence-corrected chi connectivity index (χ0v) is 20.5. The average molecular weight is 523 g/mol. The molecule has 8 N–H and O–H groups in total. The van der Waals surface area contributed by atoms with Crippen LogP contribution in [0.2, 0.25) is 0 Å². The van der Waals surface area contributed by atoms with Crippen LogP contribution < -0.4 is 27.8 Å². The van der Waals surface area contributed by atoms with Crippen LogP contribution in [0, 0.1) is 0 Å². The average Bonchev–Trinajstić information content (AvgIpc) is 2.87. The summed E-state index contributed by atoms with van der Waals surface area (Å²) in [6.07, 6.45) is -4.39. The van der Waals surface area contributed by atoms with Crippen LogP contribution >= 0.6 is 0 Å². The number of carbonyl (C=O) groups is 3. The Morgan fingerprint density at radius 3 is 2.22 bits per heavy atom. The minimum Gasteiger partial charge on any atom is -0.343 e. The number of nitrogens with two attached hydrogens (primary N) is 3. The molecular weight excluding hydrogens is 489 g/mol. The van der Waals surface area contributed by atoms with E-state index in [0.29, 0.717) is 6.42 Å². The van der Waals surface area contributed by atoms with Gasteiger partial charge in [0.25, 0.3) is 0 Å². The molecule has 0 fully saturated rings. The summed E-state index contributed by atoms with van der Waals surface area (Å²) in [5, 5.41) is 4.96. The Kier molecular flexibility index (Phi) is 11.0. The van der Waals surface area contributed by atoms with Crippen LogP contribution in [0.15, 0.2) is 54.6 Å². The largest absolute Gasteiger partial charge is 0.416 e. The van der Waals surface area contributed by atoms with Gasteiger partial charge in [-0.1, -0.05) is 36.4 Å². The van der Waals surface area contributed by atoms with Gasteiger partial charge in [-0.05, 0) is 36.6 Å². The van der Waals surface area contributed by atoms with Crippen molar-refractivity contribution in [2.45, 2.75) is 43.6 Å². The maximum atomic E-state index is 13.1. The molecule has 2 rings (SSSR count). The Balaban J connectivity index is 2.13. The maximum absolute atomic E-state index is 13.1. The molecule has 0 aliphatic rings. The molecule has 2 unspecified atom stereocenters. The first-order chi connectivity index (χ1) is 17.5. The summed E-state index contributed by atoms with van der Waals surface area (Å²) in [5.74, 6) is -1.92. The summed E-state index contributed by atoms with van der Waals surface area (Å²) < 4.78 is 39.2. The highest BCUT2D eigenvalue weighted by molar-refractivity contribution is 5.98. The van der Waals surface area contributed by atoms with Crippen molar-refractivity contribution in [1.82, 2.24) is 10.2 Å². The van der Waals surface area contributed by atoms with Crippen molar-refractivity contribution >= 4 is 23.4 Å².